The molecule has 1 N–H and O–H groups in total. The summed E-state index contributed by atoms with van der Waals surface area (Å²) < 4.78 is 5.66. The number of pyridine rings is 1. The predicted octanol–water partition coefficient (Wildman–Crippen LogP) is 1.18. The second kappa shape index (κ2) is 6.36. The summed E-state index contributed by atoms with van der Waals surface area (Å²) in [6, 6.07) is 2.01. The Morgan fingerprint density at radius 1 is 1.36 bits per heavy atom. The number of hydrogen-bond donors (Lipinski definition) is 1. The molecule has 0 unspecified atom stereocenters. The molecule has 3 heterocycles. The Hall–Kier alpha value is -2.08. The van der Waals surface area contributed by atoms with Gasteiger partial charge in [-0.3, -0.25) is 10.4 Å². The van der Waals surface area contributed by atoms with Crippen molar-refractivity contribution in [2.75, 3.05) is 39.8 Å². The third-order valence-corrected chi connectivity index (χ3v) is 4.06. The minimum atomic E-state index is 0.639. The SMILES string of the molecule is C=C(N/N=C1/CCOc2cc(C)cnc21)N1CCN(C)CC1. The third-order valence-electron chi connectivity index (χ3n) is 4.06. The van der Waals surface area contributed by atoms with E-state index in [4.69, 9.17) is 4.74 Å². The third kappa shape index (κ3) is 3.22. The number of hydrogen-bond acceptors (Lipinski definition) is 6. The monoisotopic (exact) mass is 301 g/mol. The standard InChI is InChI=1S/C16H23N5O/c1-12-10-15-16(17-11-12)14(4-9-22-15)19-18-13(2)21-7-5-20(3)6-8-21/h10-11,18H,2,4-9H2,1,3H3/b19-14-. The molecular weight excluding hydrogens is 278 g/mol. The van der Waals surface area contributed by atoms with Crippen molar-refractivity contribution in [3.8, 4) is 5.75 Å². The molecule has 0 spiro atoms. The normalized spacial score (nSPS) is 20.5. The first-order valence-electron chi connectivity index (χ1n) is 7.68. The molecule has 1 saturated heterocycles. The highest BCUT2D eigenvalue weighted by molar-refractivity contribution is 6.01. The maximum atomic E-state index is 5.66. The Balaban J connectivity index is 1.68. The maximum absolute atomic E-state index is 5.66. The number of rotatable bonds is 3. The van der Waals surface area contributed by atoms with Gasteiger partial charge in [0.05, 0.1) is 12.3 Å². The highest BCUT2D eigenvalue weighted by Crippen LogP contribution is 2.23. The Labute approximate surface area is 131 Å². The Morgan fingerprint density at radius 3 is 2.91 bits per heavy atom. The number of nitrogens with one attached hydrogen (secondary N) is 1. The van der Waals surface area contributed by atoms with Crippen LogP contribution in [0.2, 0.25) is 0 Å². The quantitative estimate of drug-likeness (QED) is 0.850. The number of piperazine rings is 1. The van der Waals surface area contributed by atoms with Crippen LogP contribution in [0.3, 0.4) is 0 Å². The number of likely N-dealkylation sites (N-methyl/N-ethyl adjacent to an activating group) is 1. The molecule has 6 heteroatoms. The fourth-order valence-corrected chi connectivity index (χ4v) is 2.63. The van der Waals surface area contributed by atoms with Gasteiger partial charge in [-0.05, 0) is 25.6 Å². The lowest BCUT2D eigenvalue weighted by molar-refractivity contribution is 0.179. The van der Waals surface area contributed by atoms with Crippen molar-refractivity contribution < 1.29 is 4.74 Å². The first-order valence-corrected chi connectivity index (χ1v) is 7.68. The largest absolute Gasteiger partial charge is 0.491 e. The average molecular weight is 301 g/mol. The first kappa shape index (κ1) is 14.8. The first-order chi connectivity index (χ1) is 10.6. The van der Waals surface area contributed by atoms with E-state index in [1.165, 1.54) is 0 Å². The highest BCUT2D eigenvalue weighted by Gasteiger charge is 2.19. The van der Waals surface area contributed by atoms with Crippen molar-refractivity contribution in [1.82, 2.24) is 20.2 Å². The number of aromatic nitrogens is 1. The lowest BCUT2D eigenvalue weighted by Gasteiger charge is -2.34. The summed E-state index contributed by atoms with van der Waals surface area (Å²) in [6.07, 6.45) is 2.60. The highest BCUT2D eigenvalue weighted by atomic mass is 16.5. The summed E-state index contributed by atoms with van der Waals surface area (Å²) >= 11 is 0. The van der Waals surface area contributed by atoms with E-state index in [0.29, 0.717) is 6.61 Å². The number of ether oxygens (including phenoxy) is 1. The molecule has 0 bridgehead atoms. The van der Waals surface area contributed by atoms with Crippen LogP contribution in [0.25, 0.3) is 0 Å². The van der Waals surface area contributed by atoms with Gasteiger partial charge in [-0.1, -0.05) is 6.58 Å². The van der Waals surface area contributed by atoms with E-state index in [1.54, 1.807) is 0 Å². The van der Waals surface area contributed by atoms with E-state index in [-0.39, 0.29) is 0 Å². The van der Waals surface area contributed by atoms with Crippen LogP contribution in [0.5, 0.6) is 5.75 Å². The van der Waals surface area contributed by atoms with Gasteiger partial charge in [0.2, 0.25) is 0 Å². The van der Waals surface area contributed by atoms with Crippen LogP contribution in [-0.2, 0) is 0 Å². The van der Waals surface area contributed by atoms with Gasteiger partial charge in [0.25, 0.3) is 0 Å². The van der Waals surface area contributed by atoms with E-state index in [9.17, 15) is 0 Å². The van der Waals surface area contributed by atoms with Crippen molar-refractivity contribution in [3.63, 3.8) is 0 Å². The van der Waals surface area contributed by atoms with Gasteiger partial charge in [0, 0.05) is 38.8 Å². The van der Waals surface area contributed by atoms with Crippen LogP contribution in [0.4, 0.5) is 0 Å². The summed E-state index contributed by atoms with van der Waals surface area (Å²) in [5.41, 5.74) is 5.95. The zero-order valence-electron chi connectivity index (χ0n) is 13.3. The summed E-state index contributed by atoms with van der Waals surface area (Å²) in [5, 5.41) is 4.52. The molecule has 1 aromatic heterocycles. The van der Waals surface area contributed by atoms with Gasteiger partial charge >= 0.3 is 0 Å². The van der Waals surface area contributed by atoms with E-state index < -0.39 is 0 Å². The summed E-state index contributed by atoms with van der Waals surface area (Å²) in [4.78, 5) is 9.00. The molecule has 0 aromatic carbocycles. The topological polar surface area (TPSA) is 53.0 Å². The van der Waals surface area contributed by atoms with Crippen LogP contribution in [0.1, 0.15) is 17.7 Å². The summed E-state index contributed by atoms with van der Waals surface area (Å²) in [7, 11) is 2.14. The van der Waals surface area contributed by atoms with Crippen LogP contribution in [0, 0.1) is 6.92 Å². The molecule has 2 aliphatic heterocycles. The van der Waals surface area contributed by atoms with Crippen molar-refractivity contribution >= 4 is 5.71 Å². The lowest BCUT2D eigenvalue weighted by atomic mass is 10.1. The predicted molar refractivity (Wildman–Crippen MR) is 87.0 cm³/mol. The molecule has 0 amide bonds. The average Bonchev–Trinajstić information content (AvgIpc) is 2.52. The summed E-state index contributed by atoms with van der Waals surface area (Å²) in [6.45, 7) is 10.8. The van der Waals surface area contributed by atoms with Crippen molar-refractivity contribution in [2.45, 2.75) is 13.3 Å². The molecule has 1 aromatic rings. The van der Waals surface area contributed by atoms with Crippen LogP contribution in [0.15, 0.2) is 29.8 Å². The molecular formula is C16H23N5O. The number of fused-ring (bicyclic) bond motifs is 1. The van der Waals surface area contributed by atoms with Gasteiger partial charge in [0.1, 0.15) is 17.3 Å². The van der Waals surface area contributed by atoms with Gasteiger partial charge in [-0.25, -0.2) is 0 Å². The molecule has 22 heavy (non-hydrogen) atoms. The van der Waals surface area contributed by atoms with Crippen LogP contribution in [-0.4, -0.2) is 60.3 Å². The van der Waals surface area contributed by atoms with Crippen molar-refractivity contribution in [1.29, 1.82) is 0 Å². The van der Waals surface area contributed by atoms with E-state index >= 15 is 0 Å². The van der Waals surface area contributed by atoms with Crippen molar-refractivity contribution in [2.24, 2.45) is 5.10 Å². The van der Waals surface area contributed by atoms with Gasteiger partial charge in [-0.2, -0.15) is 5.10 Å². The fourth-order valence-electron chi connectivity index (χ4n) is 2.63. The molecule has 0 radical (unpaired) electrons. The molecule has 0 saturated carbocycles. The molecule has 2 aliphatic rings. The summed E-state index contributed by atoms with van der Waals surface area (Å²) in [5.74, 6) is 1.66. The molecule has 0 aliphatic carbocycles. The minimum Gasteiger partial charge on any atom is -0.491 e. The maximum Gasteiger partial charge on any atom is 0.147 e. The molecule has 1 fully saturated rings. The second-order valence-corrected chi connectivity index (χ2v) is 5.87. The molecule has 3 rings (SSSR count). The molecule has 118 valence electrons. The van der Waals surface area contributed by atoms with Crippen LogP contribution < -0.4 is 10.2 Å². The van der Waals surface area contributed by atoms with Crippen molar-refractivity contribution in [3.05, 3.63) is 35.9 Å². The molecule has 6 nitrogen and oxygen atoms in total. The minimum absolute atomic E-state index is 0.639. The second-order valence-electron chi connectivity index (χ2n) is 5.87. The van der Waals surface area contributed by atoms with E-state index in [0.717, 1.165) is 61.1 Å². The van der Waals surface area contributed by atoms with E-state index in [2.05, 4.69) is 38.9 Å². The Morgan fingerprint density at radius 2 is 2.14 bits per heavy atom. The smallest absolute Gasteiger partial charge is 0.147 e. The lowest BCUT2D eigenvalue weighted by Crippen LogP contribution is -2.45. The Bertz CT molecular complexity index is 590. The number of nitrogens with zero attached hydrogens (tertiary/aromatic N) is 4. The number of aryl methyl sites for hydroxylation is 1. The van der Waals surface area contributed by atoms with E-state index in [1.807, 2.05) is 19.2 Å². The fraction of sp³-hybridized carbons (Fsp3) is 0.500. The van der Waals surface area contributed by atoms with Crippen LogP contribution >= 0.6 is 0 Å². The zero-order chi connectivity index (χ0) is 15.5. The molecule has 0 atom stereocenters. The van der Waals surface area contributed by atoms with Gasteiger partial charge < -0.3 is 14.5 Å². The zero-order valence-corrected chi connectivity index (χ0v) is 13.3. The van der Waals surface area contributed by atoms with Gasteiger partial charge in [0.15, 0.2) is 0 Å². The van der Waals surface area contributed by atoms with Gasteiger partial charge in [-0.15, -0.1) is 0 Å². The number of hydrazone groups is 1. The Kier molecular flexibility index (Phi) is 4.29.